The molecule has 3 atom stereocenters. The van der Waals surface area contributed by atoms with Crippen molar-refractivity contribution in [3.05, 3.63) is 26.9 Å². The molecule has 0 saturated carbocycles. The summed E-state index contributed by atoms with van der Waals surface area (Å²) in [5.74, 6) is 0. The van der Waals surface area contributed by atoms with Crippen LogP contribution in [-0.2, 0) is 4.74 Å². The molecule has 0 spiro atoms. The number of rotatable bonds is 2. The molecule has 2 rings (SSSR count). The molecule has 1 saturated heterocycles. The molecule has 6 nitrogen and oxygen atoms in total. The summed E-state index contributed by atoms with van der Waals surface area (Å²) in [4.78, 5) is 13.6. The molecule has 2 heterocycles. The van der Waals surface area contributed by atoms with Gasteiger partial charge in [-0.25, -0.2) is 0 Å². The first-order chi connectivity index (χ1) is 7.61. The molecular formula is C9H12N2O4Se. The van der Waals surface area contributed by atoms with E-state index >= 15 is 0 Å². The van der Waals surface area contributed by atoms with Crippen LogP contribution in [0, 0.1) is 4.32 Å². The molecule has 0 bridgehead atoms. The van der Waals surface area contributed by atoms with Crippen molar-refractivity contribution < 1.29 is 14.9 Å². The van der Waals surface area contributed by atoms with Crippen LogP contribution in [0.2, 0.25) is 0 Å². The van der Waals surface area contributed by atoms with Crippen LogP contribution in [0.5, 0.6) is 0 Å². The van der Waals surface area contributed by atoms with E-state index in [-0.39, 0.29) is 18.4 Å². The van der Waals surface area contributed by atoms with E-state index in [0.29, 0.717) is 10.7 Å². The van der Waals surface area contributed by atoms with Crippen molar-refractivity contribution in [3.8, 4) is 0 Å². The zero-order chi connectivity index (χ0) is 11.7. The number of hydrogen-bond donors (Lipinski definition) is 3. The fourth-order valence-electron chi connectivity index (χ4n) is 1.70. The molecule has 0 amide bonds. The standard InChI is InChI=1S/C9H12N2O4Se/c12-4-6-5(13)3-8(15-6)11-2-1-7(14)10-9(11)16/h1-2,5-6,8,12-13H,3-4H2,(H,10,14,16)/t5?,6-,8-/m0/s1. The number of aliphatic hydroxyl groups excluding tert-OH is 2. The van der Waals surface area contributed by atoms with Crippen molar-refractivity contribution in [2.24, 2.45) is 0 Å². The van der Waals surface area contributed by atoms with Gasteiger partial charge < -0.3 is 0 Å². The Balaban J connectivity index is 2.27. The molecule has 1 unspecified atom stereocenters. The zero-order valence-electron chi connectivity index (χ0n) is 8.37. The van der Waals surface area contributed by atoms with Crippen molar-refractivity contribution in [2.75, 3.05) is 6.61 Å². The third-order valence-corrected chi connectivity index (χ3v) is 3.20. The molecule has 1 aliphatic heterocycles. The predicted octanol–water partition coefficient (Wildman–Crippen LogP) is -1.48. The van der Waals surface area contributed by atoms with Crippen LogP contribution < -0.4 is 5.56 Å². The molecule has 1 aromatic rings. The van der Waals surface area contributed by atoms with Crippen molar-refractivity contribution in [3.63, 3.8) is 0 Å². The van der Waals surface area contributed by atoms with E-state index in [4.69, 9.17) is 9.84 Å². The van der Waals surface area contributed by atoms with Gasteiger partial charge >= 0.3 is 98.5 Å². The van der Waals surface area contributed by atoms with E-state index in [2.05, 4.69) is 20.6 Å². The van der Waals surface area contributed by atoms with Crippen LogP contribution in [0.3, 0.4) is 0 Å². The molecule has 7 heteroatoms. The van der Waals surface area contributed by atoms with E-state index in [1.807, 2.05) is 0 Å². The molecule has 0 aliphatic carbocycles. The minimum atomic E-state index is -0.686. The average molecular weight is 291 g/mol. The molecule has 1 aromatic heterocycles. The van der Waals surface area contributed by atoms with Gasteiger partial charge in [-0.3, -0.25) is 0 Å². The summed E-state index contributed by atoms with van der Waals surface area (Å²) in [6, 6.07) is 1.38. The Labute approximate surface area is 98.9 Å². The SMILES string of the molecule is O=c1ccn([C@@H]2CC(O)[C@H](CO)O2)c(=[Se])[nH]1. The number of aromatic amines is 1. The minimum absolute atomic E-state index is 0.206. The summed E-state index contributed by atoms with van der Waals surface area (Å²) >= 11 is 2.72. The Morgan fingerprint density at radius 3 is 3.00 bits per heavy atom. The van der Waals surface area contributed by atoms with Crippen LogP contribution in [0.1, 0.15) is 12.6 Å². The Hall–Kier alpha value is -0.721. The molecule has 1 fully saturated rings. The maximum absolute atomic E-state index is 11.0. The molecule has 3 N–H and O–H groups in total. The van der Waals surface area contributed by atoms with Crippen molar-refractivity contribution in [1.82, 2.24) is 9.55 Å². The second kappa shape index (κ2) is 4.65. The quantitative estimate of drug-likeness (QED) is 0.580. The molecular weight excluding hydrogens is 279 g/mol. The van der Waals surface area contributed by atoms with E-state index in [0.717, 1.165) is 0 Å². The molecule has 0 radical (unpaired) electrons. The summed E-state index contributed by atoms with van der Waals surface area (Å²) in [6.07, 6.45) is 0.344. The van der Waals surface area contributed by atoms with Crippen LogP contribution in [0.25, 0.3) is 0 Å². The monoisotopic (exact) mass is 292 g/mol. The summed E-state index contributed by atoms with van der Waals surface area (Å²) in [5.41, 5.74) is -0.206. The fourth-order valence-corrected chi connectivity index (χ4v) is 2.29. The number of nitrogens with zero attached hydrogens (tertiary/aromatic N) is 1. The van der Waals surface area contributed by atoms with Crippen molar-refractivity contribution >= 4 is 15.6 Å². The predicted molar refractivity (Wildman–Crippen MR) is 55.7 cm³/mol. The van der Waals surface area contributed by atoms with Gasteiger partial charge in [0.05, 0.1) is 0 Å². The fraction of sp³-hybridized carbons (Fsp3) is 0.556. The van der Waals surface area contributed by atoms with Gasteiger partial charge in [-0.1, -0.05) is 0 Å². The van der Waals surface area contributed by atoms with Gasteiger partial charge in [0.15, 0.2) is 0 Å². The first kappa shape index (κ1) is 11.8. The normalized spacial score (nSPS) is 29.5. The summed E-state index contributed by atoms with van der Waals surface area (Å²) < 4.78 is 7.66. The second-order valence-electron chi connectivity index (χ2n) is 3.63. The van der Waals surface area contributed by atoms with Gasteiger partial charge in [0.1, 0.15) is 0 Å². The first-order valence-electron chi connectivity index (χ1n) is 4.87. The number of hydrogen-bond acceptors (Lipinski definition) is 4. The number of aliphatic hydroxyl groups is 2. The summed E-state index contributed by atoms with van der Waals surface area (Å²) in [5, 5.41) is 18.5. The molecule has 88 valence electrons. The zero-order valence-corrected chi connectivity index (χ0v) is 10.1. The van der Waals surface area contributed by atoms with Gasteiger partial charge in [-0.15, -0.1) is 0 Å². The Morgan fingerprint density at radius 1 is 1.69 bits per heavy atom. The maximum atomic E-state index is 11.0. The number of ether oxygens (including phenoxy) is 1. The van der Waals surface area contributed by atoms with Crippen molar-refractivity contribution in [2.45, 2.75) is 24.9 Å². The summed E-state index contributed by atoms with van der Waals surface area (Å²) in [6.45, 7) is -0.218. The first-order valence-corrected chi connectivity index (χ1v) is 5.73. The summed E-state index contributed by atoms with van der Waals surface area (Å²) in [7, 11) is 0. The van der Waals surface area contributed by atoms with E-state index in [1.54, 1.807) is 10.8 Å². The second-order valence-corrected chi connectivity index (χ2v) is 4.44. The van der Waals surface area contributed by atoms with Crippen LogP contribution in [0.15, 0.2) is 17.1 Å². The topological polar surface area (TPSA) is 87.5 Å². The van der Waals surface area contributed by atoms with Crippen LogP contribution >= 0.6 is 0 Å². The van der Waals surface area contributed by atoms with Gasteiger partial charge in [0.2, 0.25) is 0 Å². The third-order valence-electron chi connectivity index (χ3n) is 2.55. The van der Waals surface area contributed by atoms with Gasteiger partial charge in [-0.05, 0) is 0 Å². The van der Waals surface area contributed by atoms with E-state index < -0.39 is 12.2 Å². The van der Waals surface area contributed by atoms with E-state index in [1.165, 1.54) is 6.07 Å². The Morgan fingerprint density at radius 2 is 2.44 bits per heavy atom. The molecule has 16 heavy (non-hydrogen) atoms. The molecule has 0 aromatic carbocycles. The van der Waals surface area contributed by atoms with Crippen LogP contribution in [0.4, 0.5) is 0 Å². The number of H-pyrrole nitrogens is 1. The van der Waals surface area contributed by atoms with E-state index in [9.17, 15) is 9.90 Å². The van der Waals surface area contributed by atoms with Gasteiger partial charge in [0, 0.05) is 0 Å². The van der Waals surface area contributed by atoms with Gasteiger partial charge in [-0.2, -0.15) is 0 Å². The van der Waals surface area contributed by atoms with Crippen LogP contribution in [-0.4, -0.2) is 54.2 Å². The Bertz CT molecular complexity index is 483. The average Bonchev–Trinajstić information content (AvgIpc) is 2.59. The molecule has 1 aliphatic rings. The van der Waals surface area contributed by atoms with Crippen molar-refractivity contribution in [1.29, 1.82) is 0 Å². The number of nitrogens with one attached hydrogen (secondary N) is 1. The third kappa shape index (κ3) is 2.18. The number of aromatic nitrogens is 2. The van der Waals surface area contributed by atoms with Gasteiger partial charge in [0.25, 0.3) is 0 Å². The Kier molecular flexibility index (Phi) is 3.41.